The molecule has 24 heavy (non-hydrogen) atoms. The summed E-state index contributed by atoms with van der Waals surface area (Å²) in [7, 11) is 0. The number of benzene rings is 1. The molecule has 3 rings (SSSR count). The Bertz CT molecular complexity index is 931. The highest BCUT2D eigenvalue weighted by molar-refractivity contribution is 6.04. The van der Waals surface area contributed by atoms with Gasteiger partial charge in [-0.2, -0.15) is 0 Å². The molecular weight excluding hydrogens is 304 g/mol. The predicted molar refractivity (Wildman–Crippen MR) is 92.3 cm³/mol. The highest BCUT2D eigenvalue weighted by Gasteiger charge is 2.25. The predicted octanol–water partition coefficient (Wildman–Crippen LogP) is 4.16. The molecule has 0 atom stereocenters. The molecule has 0 radical (unpaired) electrons. The van der Waals surface area contributed by atoms with E-state index in [1.54, 1.807) is 30.5 Å². The zero-order chi connectivity index (χ0) is 17.5. The van der Waals surface area contributed by atoms with E-state index >= 15 is 0 Å². The number of Topliss-reactive ketones (excluding diaryl/α,β-unsaturated/α-hetero) is 1. The van der Waals surface area contributed by atoms with Crippen LogP contribution in [0.5, 0.6) is 0 Å². The van der Waals surface area contributed by atoms with Crippen LogP contribution in [0.25, 0.3) is 22.2 Å². The first kappa shape index (κ1) is 15.9. The van der Waals surface area contributed by atoms with Crippen molar-refractivity contribution in [2.75, 3.05) is 0 Å². The standard InChI is InChI=1S/C19H18N2O3/c1-19(2,3)16(22)15-10-14-13(8-9-20-17(14)21-15)11-4-6-12(7-5-11)18(23)24/h4-10H,1-3H3,(H,20,21)(H,23,24). The average molecular weight is 322 g/mol. The molecule has 0 amide bonds. The lowest BCUT2D eigenvalue weighted by Gasteiger charge is -2.14. The SMILES string of the molecule is CC(C)(C)C(=O)c1cc2c(-c3ccc(C(=O)O)cc3)ccnc2[nH]1. The van der Waals surface area contributed by atoms with Gasteiger partial charge in [-0.15, -0.1) is 0 Å². The van der Waals surface area contributed by atoms with Crippen LogP contribution in [-0.4, -0.2) is 26.8 Å². The lowest BCUT2D eigenvalue weighted by Crippen LogP contribution is -2.20. The Labute approximate surface area is 139 Å². The van der Waals surface area contributed by atoms with Crippen molar-refractivity contribution in [2.45, 2.75) is 20.8 Å². The number of fused-ring (bicyclic) bond motifs is 1. The summed E-state index contributed by atoms with van der Waals surface area (Å²) in [5.74, 6) is -0.936. The van der Waals surface area contributed by atoms with E-state index in [9.17, 15) is 9.59 Å². The molecule has 0 aliphatic heterocycles. The van der Waals surface area contributed by atoms with Crippen molar-refractivity contribution in [3.05, 3.63) is 53.9 Å². The summed E-state index contributed by atoms with van der Waals surface area (Å²) in [6, 6.07) is 10.3. The summed E-state index contributed by atoms with van der Waals surface area (Å²) in [4.78, 5) is 30.8. The van der Waals surface area contributed by atoms with Gasteiger partial charge in [0.05, 0.1) is 11.3 Å². The Hall–Kier alpha value is -2.95. The number of nitrogens with one attached hydrogen (secondary N) is 1. The Kier molecular flexibility index (Phi) is 3.72. The number of aromatic carboxylic acids is 1. The number of carbonyl (C=O) groups excluding carboxylic acids is 1. The third-order valence-corrected chi connectivity index (χ3v) is 3.90. The van der Waals surface area contributed by atoms with Crippen molar-refractivity contribution in [2.24, 2.45) is 5.41 Å². The number of nitrogens with zero attached hydrogens (tertiary/aromatic N) is 1. The minimum Gasteiger partial charge on any atom is -0.478 e. The zero-order valence-corrected chi connectivity index (χ0v) is 13.8. The summed E-state index contributed by atoms with van der Waals surface area (Å²) in [5.41, 5.74) is 2.70. The zero-order valence-electron chi connectivity index (χ0n) is 13.8. The molecule has 0 spiro atoms. The number of hydrogen-bond acceptors (Lipinski definition) is 3. The maximum Gasteiger partial charge on any atom is 0.335 e. The molecule has 1 aromatic carbocycles. The van der Waals surface area contributed by atoms with Gasteiger partial charge < -0.3 is 10.1 Å². The van der Waals surface area contributed by atoms with E-state index < -0.39 is 11.4 Å². The second-order valence-corrected chi connectivity index (χ2v) is 6.77. The number of hydrogen-bond donors (Lipinski definition) is 2. The molecule has 2 N–H and O–H groups in total. The second kappa shape index (κ2) is 5.60. The van der Waals surface area contributed by atoms with Gasteiger partial charge in [-0.05, 0) is 35.4 Å². The summed E-state index contributed by atoms with van der Waals surface area (Å²) < 4.78 is 0. The number of carbonyl (C=O) groups is 2. The fraction of sp³-hybridized carbons (Fsp3) is 0.211. The van der Waals surface area contributed by atoms with Gasteiger partial charge in [0.1, 0.15) is 5.65 Å². The molecule has 2 aromatic heterocycles. The van der Waals surface area contributed by atoms with Crippen molar-refractivity contribution in [1.82, 2.24) is 9.97 Å². The first-order valence-corrected chi connectivity index (χ1v) is 7.63. The van der Waals surface area contributed by atoms with Gasteiger partial charge in [-0.25, -0.2) is 9.78 Å². The monoisotopic (exact) mass is 322 g/mol. The molecule has 0 aliphatic carbocycles. The third kappa shape index (κ3) is 2.80. The number of aromatic amines is 1. The number of carboxylic acids is 1. The summed E-state index contributed by atoms with van der Waals surface area (Å²) in [6.45, 7) is 5.62. The van der Waals surface area contributed by atoms with Gasteiger partial charge in [0, 0.05) is 17.0 Å². The van der Waals surface area contributed by atoms with E-state index in [1.807, 2.05) is 32.9 Å². The molecular formula is C19H18N2O3. The van der Waals surface area contributed by atoms with Crippen LogP contribution in [0.2, 0.25) is 0 Å². The molecule has 5 nitrogen and oxygen atoms in total. The van der Waals surface area contributed by atoms with E-state index in [1.165, 1.54) is 0 Å². The topological polar surface area (TPSA) is 83.1 Å². The Morgan fingerprint density at radius 3 is 2.33 bits per heavy atom. The van der Waals surface area contributed by atoms with Crippen LogP contribution in [0.1, 0.15) is 41.6 Å². The van der Waals surface area contributed by atoms with Crippen molar-refractivity contribution in [1.29, 1.82) is 0 Å². The van der Waals surface area contributed by atoms with Gasteiger partial charge in [-0.1, -0.05) is 32.9 Å². The van der Waals surface area contributed by atoms with Crippen LogP contribution < -0.4 is 0 Å². The van der Waals surface area contributed by atoms with Gasteiger partial charge in [-0.3, -0.25) is 4.79 Å². The van der Waals surface area contributed by atoms with Crippen LogP contribution in [0.4, 0.5) is 0 Å². The molecule has 2 heterocycles. The van der Waals surface area contributed by atoms with E-state index in [2.05, 4.69) is 9.97 Å². The van der Waals surface area contributed by atoms with Gasteiger partial charge >= 0.3 is 5.97 Å². The molecule has 0 fully saturated rings. The van der Waals surface area contributed by atoms with Crippen molar-refractivity contribution >= 4 is 22.8 Å². The van der Waals surface area contributed by atoms with E-state index in [-0.39, 0.29) is 11.3 Å². The van der Waals surface area contributed by atoms with Crippen LogP contribution in [0, 0.1) is 5.41 Å². The fourth-order valence-electron chi connectivity index (χ4n) is 2.60. The lowest BCUT2D eigenvalue weighted by atomic mass is 9.89. The van der Waals surface area contributed by atoms with Crippen LogP contribution in [0.3, 0.4) is 0 Å². The maximum absolute atomic E-state index is 12.5. The minimum absolute atomic E-state index is 0.0210. The summed E-state index contributed by atoms with van der Waals surface area (Å²) in [6.07, 6.45) is 1.67. The number of rotatable bonds is 3. The van der Waals surface area contributed by atoms with E-state index in [0.717, 1.165) is 16.5 Å². The average Bonchev–Trinajstić information content (AvgIpc) is 2.97. The third-order valence-electron chi connectivity index (χ3n) is 3.90. The number of aromatic nitrogens is 2. The molecule has 3 aromatic rings. The molecule has 0 saturated carbocycles. The summed E-state index contributed by atoms with van der Waals surface area (Å²) >= 11 is 0. The molecule has 0 unspecified atom stereocenters. The van der Waals surface area contributed by atoms with Crippen molar-refractivity contribution in [3.8, 4) is 11.1 Å². The molecule has 0 saturated heterocycles. The minimum atomic E-state index is -0.957. The molecule has 0 aliphatic rings. The van der Waals surface area contributed by atoms with E-state index in [4.69, 9.17) is 5.11 Å². The number of H-pyrrole nitrogens is 1. The quantitative estimate of drug-likeness (QED) is 0.709. The maximum atomic E-state index is 12.5. The highest BCUT2D eigenvalue weighted by atomic mass is 16.4. The van der Waals surface area contributed by atoms with Gasteiger partial charge in [0.15, 0.2) is 5.78 Å². The summed E-state index contributed by atoms with van der Waals surface area (Å²) in [5, 5.41) is 9.85. The first-order valence-electron chi connectivity index (χ1n) is 7.63. The highest BCUT2D eigenvalue weighted by Crippen LogP contribution is 2.30. The van der Waals surface area contributed by atoms with Crippen LogP contribution >= 0.6 is 0 Å². The van der Waals surface area contributed by atoms with Gasteiger partial charge in [0.2, 0.25) is 0 Å². The van der Waals surface area contributed by atoms with Crippen LogP contribution in [0.15, 0.2) is 42.6 Å². The van der Waals surface area contributed by atoms with Gasteiger partial charge in [0.25, 0.3) is 0 Å². The Balaban J connectivity index is 2.10. The number of pyridine rings is 1. The van der Waals surface area contributed by atoms with Crippen molar-refractivity contribution < 1.29 is 14.7 Å². The molecule has 0 bridgehead atoms. The fourth-order valence-corrected chi connectivity index (χ4v) is 2.60. The molecule has 5 heteroatoms. The normalized spacial score (nSPS) is 11.6. The lowest BCUT2D eigenvalue weighted by molar-refractivity contribution is 0.0696. The second-order valence-electron chi connectivity index (χ2n) is 6.77. The molecule has 122 valence electrons. The van der Waals surface area contributed by atoms with Crippen molar-refractivity contribution in [3.63, 3.8) is 0 Å². The Morgan fingerprint density at radius 1 is 1.08 bits per heavy atom. The Morgan fingerprint density at radius 2 is 1.75 bits per heavy atom. The number of carboxylic acid groups (broad SMARTS) is 1. The van der Waals surface area contributed by atoms with Crippen LogP contribution in [-0.2, 0) is 0 Å². The first-order chi connectivity index (χ1) is 11.3. The van der Waals surface area contributed by atoms with E-state index in [0.29, 0.717) is 11.3 Å². The smallest absolute Gasteiger partial charge is 0.335 e. The largest absolute Gasteiger partial charge is 0.478 e. The number of ketones is 1.